The van der Waals surface area contributed by atoms with Gasteiger partial charge < -0.3 is 9.73 Å². The van der Waals surface area contributed by atoms with Gasteiger partial charge in [0.05, 0.1) is 0 Å². The number of benzene rings is 1. The Labute approximate surface area is 128 Å². The molecule has 0 bridgehead atoms. The maximum Gasteiger partial charge on any atom is 0.134 e. The number of hydrogen-bond acceptors (Lipinski definition) is 2. The van der Waals surface area contributed by atoms with Crippen molar-refractivity contribution in [2.24, 2.45) is 0 Å². The molecule has 1 aromatic heterocycles. The van der Waals surface area contributed by atoms with Crippen molar-refractivity contribution < 1.29 is 4.42 Å². The Morgan fingerprint density at radius 3 is 2.57 bits per heavy atom. The van der Waals surface area contributed by atoms with Crippen LogP contribution in [0, 0.1) is 0 Å². The van der Waals surface area contributed by atoms with E-state index < -0.39 is 0 Å². The normalized spacial score (nSPS) is 12.2. The Balaban J connectivity index is 2.23. The van der Waals surface area contributed by atoms with Crippen molar-refractivity contribution in [3.63, 3.8) is 0 Å². The fourth-order valence-electron chi connectivity index (χ4n) is 2.92. The van der Waals surface area contributed by atoms with Crippen LogP contribution in [0.3, 0.4) is 0 Å². The second-order valence-corrected chi connectivity index (χ2v) is 6.59. The number of para-hydroxylation sites is 1. The zero-order valence-electron chi connectivity index (χ0n) is 14.0. The van der Waals surface area contributed by atoms with Crippen LogP contribution < -0.4 is 5.32 Å². The molecule has 0 aliphatic rings. The van der Waals surface area contributed by atoms with E-state index in [1.165, 1.54) is 36.6 Å². The number of unbranched alkanes of at least 4 members (excludes halogenated alkanes) is 1. The highest BCUT2D eigenvalue weighted by Crippen LogP contribution is 2.28. The second-order valence-electron chi connectivity index (χ2n) is 6.59. The lowest BCUT2D eigenvalue weighted by molar-refractivity contribution is 0.355. The topological polar surface area (TPSA) is 25.2 Å². The van der Waals surface area contributed by atoms with Crippen LogP contribution in [-0.4, -0.2) is 5.54 Å². The number of nitrogens with one attached hydrogen (secondary N) is 1. The van der Waals surface area contributed by atoms with Gasteiger partial charge in [0.15, 0.2) is 0 Å². The molecule has 2 aromatic rings. The minimum atomic E-state index is 0.176. The SMILES string of the molecule is CCCCc1oc2ccccc2c1CNC(C)(C)CCC. The summed E-state index contributed by atoms with van der Waals surface area (Å²) in [6.45, 7) is 9.92. The number of rotatable bonds is 8. The molecule has 0 amide bonds. The van der Waals surface area contributed by atoms with Gasteiger partial charge in [0.2, 0.25) is 0 Å². The third-order valence-corrected chi connectivity index (χ3v) is 4.16. The lowest BCUT2D eigenvalue weighted by Gasteiger charge is -2.26. The van der Waals surface area contributed by atoms with E-state index in [-0.39, 0.29) is 5.54 Å². The van der Waals surface area contributed by atoms with Crippen molar-refractivity contribution in [1.29, 1.82) is 0 Å². The van der Waals surface area contributed by atoms with E-state index in [0.717, 1.165) is 24.3 Å². The van der Waals surface area contributed by atoms with Crippen LogP contribution in [0.1, 0.15) is 64.7 Å². The monoisotopic (exact) mass is 287 g/mol. The fourth-order valence-corrected chi connectivity index (χ4v) is 2.92. The van der Waals surface area contributed by atoms with Gasteiger partial charge in [-0.15, -0.1) is 0 Å². The standard InChI is InChI=1S/C19H29NO/c1-5-7-11-18-16(14-20-19(3,4)13-6-2)15-10-8-9-12-17(15)21-18/h8-10,12,20H,5-7,11,13-14H2,1-4H3. The van der Waals surface area contributed by atoms with Gasteiger partial charge in [-0.25, -0.2) is 0 Å². The summed E-state index contributed by atoms with van der Waals surface area (Å²) in [5.41, 5.74) is 2.55. The molecule has 0 aliphatic carbocycles. The molecule has 2 heteroatoms. The molecule has 0 atom stereocenters. The first-order chi connectivity index (χ1) is 10.1. The highest BCUT2D eigenvalue weighted by Gasteiger charge is 2.19. The van der Waals surface area contributed by atoms with E-state index in [0.29, 0.717) is 0 Å². The Kier molecular flexibility index (Phi) is 5.46. The van der Waals surface area contributed by atoms with Crippen molar-refractivity contribution in [2.75, 3.05) is 0 Å². The summed E-state index contributed by atoms with van der Waals surface area (Å²) < 4.78 is 6.09. The number of hydrogen-bond donors (Lipinski definition) is 1. The molecule has 2 nitrogen and oxygen atoms in total. The summed E-state index contributed by atoms with van der Waals surface area (Å²) in [4.78, 5) is 0. The zero-order valence-corrected chi connectivity index (χ0v) is 14.0. The minimum absolute atomic E-state index is 0.176. The summed E-state index contributed by atoms with van der Waals surface area (Å²) in [5, 5.41) is 4.98. The smallest absolute Gasteiger partial charge is 0.134 e. The molecule has 0 aliphatic heterocycles. The molecule has 1 heterocycles. The summed E-state index contributed by atoms with van der Waals surface area (Å²) in [6.07, 6.45) is 5.81. The van der Waals surface area contributed by atoms with Gasteiger partial charge in [0.1, 0.15) is 11.3 Å². The highest BCUT2D eigenvalue weighted by molar-refractivity contribution is 5.82. The van der Waals surface area contributed by atoms with Gasteiger partial charge >= 0.3 is 0 Å². The lowest BCUT2D eigenvalue weighted by atomic mass is 9.98. The van der Waals surface area contributed by atoms with Crippen molar-refractivity contribution in [1.82, 2.24) is 5.32 Å². The van der Waals surface area contributed by atoms with Crippen LogP contribution in [0.5, 0.6) is 0 Å². The molecule has 0 saturated carbocycles. The lowest BCUT2D eigenvalue weighted by Crippen LogP contribution is -2.38. The van der Waals surface area contributed by atoms with Gasteiger partial charge in [0, 0.05) is 29.5 Å². The molecule has 0 unspecified atom stereocenters. The molecule has 0 radical (unpaired) electrons. The predicted molar refractivity (Wildman–Crippen MR) is 90.7 cm³/mol. The van der Waals surface area contributed by atoms with Crippen molar-refractivity contribution in [3.05, 3.63) is 35.6 Å². The molecule has 1 N–H and O–H groups in total. The average molecular weight is 287 g/mol. The maximum atomic E-state index is 6.09. The summed E-state index contributed by atoms with van der Waals surface area (Å²) in [7, 11) is 0. The largest absolute Gasteiger partial charge is 0.461 e. The van der Waals surface area contributed by atoms with E-state index in [2.05, 4.69) is 51.2 Å². The third-order valence-electron chi connectivity index (χ3n) is 4.16. The first-order valence-corrected chi connectivity index (χ1v) is 8.31. The van der Waals surface area contributed by atoms with Crippen LogP contribution >= 0.6 is 0 Å². The predicted octanol–water partition coefficient (Wildman–Crippen LogP) is 5.44. The summed E-state index contributed by atoms with van der Waals surface area (Å²) in [6, 6.07) is 8.40. The molecule has 0 saturated heterocycles. The van der Waals surface area contributed by atoms with Gasteiger partial charge in [-0.05, 0) is 32.8 Å². The number of fused-ring (bicyclic) bond motifs is 1. The van der Waals surface area contributed by atoms with Gasteiger partial charge in [-0.1, -0.05) is 44.9 Å². The summed E-state index contributed by atoms with van der Waals surface area (Å²) in [5.74, 6) is 1.16. The van der Waals surface area contributed by atoms with Gasteiger partial charge in [-0.3, -0.25) is 0 Å². The van der Waals surface area contributed by atoms with E-state index in [9.17, 15) is 0 Å². The molecule has 1 aromatic carbocycles. The molecule has 2 rings (SSSR count). The second kappa shape index (κ2) is 7.13. The third kappa shape index (κ3) is 4.10. The molecule has 116 valence electrons. The van der Waals surface area contributed by atoms with Crippen LogP contribution in [0.15, 0.2) is 28.7 Å². The van der Waals surface area contributed by atoms with Crippen molar-refractivity contribution >= 4 is 11.0 Å². The van der Waals surface area contributed by atoms with Crippen molar-refractivity contribution in [3.8, 4) is 0 Å². The highest BCUT2D eigenvalue weighted by atomic mass is 16.3. The molecule has 21 heavy (non-hydrogen) atoms. The fraction of sp³-hybridized carbons (Fsp3) is 0.579. The molecule has 0 spiro atoms. The first kappa shape index (κ1) is 16.1. The van der Waals surface area contributed by atoms with Gasteiger partial charge in [0.25, 0.3) is 0 Å². The Hall–Kier alpha value is -1.28. The number of furan rings is 1. The Bertz CT molecular complexity index is 568. The minimum Gasteiger partial charge on any atom is -0.461 e. The van der Waals surface area contributed by atoms with E-state index in [1.54, 1.807) is 0 Å². The Morgan fingerprint density at radius 1 is 1.10 bits per heavy atom. The van der Waals surface area contributed by atoms with E-state index in [1.807, 2.05) is 6.07 Å². The van der Waals surface area contributed by atoms with E-state index >= 15 is 0 Å². The van der Waals surface area contributed by atoms with Crippen LogP contribution in [0.2, 0.25) is 0 Å². The van der Waals surface area contributed by atoms with E-state index in [4.69, 9.17) is 4.42 Å². The number of aryl methyl sites for hydroxylation is 1. The van der Waals surface area contributed by atoms with Crippen molar-refractivity contribution in [2.45, 2.75) is 71.9 Å². The molecular formula is C19H29NO. The molecule has 0 fully saturated rings. The first-order valence-electron chi connectivity index (χ1n) is 8.31. The van der Waals surface area contributed by atoms with Crippen LogP contribution in [-0.2, 0) is 13.0 Å². The quantitative estimate of drug-likeness (QED) is 0.699. The van der Waals surface area contributed by atoms with Crippen LogP contribution in [0.25, 0.3) is 11.0 Å². The van der Waals surface area contributed by atoms with Gasteiger partial charge in [-0.2, -0.15) is 0 Å². The molecular weight excluding hydrogens is 258 g/mol. The average Bonchev–Trinajstić information content (AvgIpc) is 2.80. The zero-order chi connectivity index (χ0) is 15.3. The van der Waals surface area contributed by atoms with Crippen LogP contribution in [0.4, 0.5) is 0 Å². The Morgan fingerprint density at radius 2 is 1.86 bits per heavy atom. The summed E-state index contributed by atoms with van der Waals surface area (Å²) >= 11 is 0. The maximum absolute atomic E-state index is 6.09.